The number of primary amides is 1. The summed E-state index contributed by atoms with van der Waals surface area (Å²) in [5.74, 6) is -3.33. The van der Waals surface area contributed by atoms with Crippen LogP contribution >= 0.6 is 0 Å². The van der Waals surface area contributed by atoms with Gasteiger partial charge in [0.05, 0.1) is 47.7 Å². The molecule has 3 heterocycles. The number of guanidine groups is 1. The predicted octanol–water partition coefficient (Wildman–Crippen LogP) is -0.715. The molecule has 366 valence electrons. The van der Waals surface area contributed by atoms with Crippen molar-refractivity contribution in [1.29, 1.82) is 0 Å². The molecule has 21 nitrogen and oxygen atoms in total. The first kappa shape index (κ1) is 52.0. The molecule has 3 aliphatic heterocycles. The Morgan fingerprint density at radius 3 is 2.09 bits per heavy atom. The number of rotatable bonds is 24. The molecule has 7 amide bonds. The first-order valence-corrected chi connectivity index (χ1v) is 23.4. The number of aliphatic imine (C=N–C) groups is 1. The van der Waals surface area contributed by atoms with E-state index in [1.54, 1.807) is 11.0 Å². The largest absolute Gasteiger partial charge is 0.370 e. The van der Waals surface area contributed by atoms with Crippen LogP contribution in [-0.2, 0) is 28.8 Å². The first-order valence-electron chi connectivity index (χ1n) is 23.4. The lowest BCUT2D eigenvalue weighted by Gasteiger charge is -2.35. The zero-order valence-electron chi connectivity index (χ0n) is 38.7. The second-order valence-electron chi connectivity index (χ2n) is 17.5. The number of nitrogens with one attached hydrogen (secondary N) is 5. The topological polar surface area (TPSA) is 309 Å². The highest BCUT2D eigenvalue weighted by Gasteiger charge is 2.33. The quantitative estimate of drug-likeness (QED) is 0.0357. The van der Waals surface area contributed by atoms with Gasteiger partial charge < -0.3 is 43.8 Å². The highest BCUT2D eigenvalue weighted by Crippen LogP contribution is 2.38. The van der Waals surface area contributed by atoms with Gasteiger partial charge in [0.15, 0.2) is 5.96 Å². The summed E-state index contributed by atoms with van der Waals surface area (Å²) in [6.07, 6.45) is 5.83. The average Bonchev–Trinajstić information content (AvgIpc) is 3.42. The van der Waals surface area contributed by atoms with E-state index in [0.29, 0.717) is 61.0 Å². The van der Waals surface area contributed by atoms with E-state index in [1.807, 2.05) is 42.5 Å². The van der Waals surface area contributed by atoms with Gasteiger partial charge >= 0.3 is 0 Å². The van der Waals surface area contributed by atoms with Crippen molar-refractivity contribution in [2.75, 3.05) is 88.8 Å². The van der Waals surface area contributed by atoms with E-state index in [1.165, 1.54) is 6.42 Å². The lowest BCUT2D eigenvalue weighted by atomic mass is 9.91. The third kappa shape index (κ3) is 16.4. The molecule has 0 radical (unpaired) electrons. The summed E-state index contributed by atoms with van der Waals surface area (Å²) >= 11 is 0. The first-order chi connectivity index (χ1) is 32.2. The fourth-order valence-electron chi connectivity index (χ4n) is 8.79. The number of nitrogens with two attached hydrogens (primary N) is 4. The van der Waals surface area contributed by atoms with Crippen LogP contribution in [0.25, 0.3) is 0 Å². The number of fused-ring (bicyclic) bond motifs is 2. The maximum atomic E-state index is 13.9. The number of para-hydroxylation sites is 3. The molecule has 0 saturated carbocycles. The molecule has 3 atom stereocenters. The van der Waals surface area contributed by atoms with Crippen molar-refractivity contribution >= 4 is 64.4 Å². The number of benzene rings is 2. The summed E-state index contributed by atoms with van der Waals surface area (Å²) in [5, 5.41) is 13.5. The monoisotopic (exact) mass is 931 g/mol. The molecular formula is C46H70N14O7. The molecule has 0 bridgehead atoms. The number of piperazine rings is 1. The number of likely N-dealkylation sites (tertiary alicyclic amines) is 1. The number of hydrogen-bond acceptors (Lipinski definition) is 13. The number of imide groups is 1. The third-order valence-electron chi connectivity index (χ3n) is 12.4. The van der Waals surface area contributed by atoms with Crippen molar-refractivity contribution in [3.05, 3.63) is 54.1 Å². The number of carbonyl (C=O) groups is 7. The molecule has 0 unspecified atom stereocenters. The van der Waals surface area contributed by atoms with Crippen molar-refractivity contribution < 1.29 is 33.6 Å². The molecule has 3 aliphatic rings. The van der Waals surface area contributed by atoms with Gasteiger partial charge in [-0.3, -0.25) is 63.9 Å². The molecule has 0 spiro atoms. The number of nitrogens with zero attached hydrogens (tertiary/aromatic N) is 5. The van der Waals surface area contributed by atoms with Crippen molar-refractivity contribution in [2.45, 2.75) is 82.8 Å². The predicted molar refractivity (Wildman–Crippen MR) is 256 cm³/mol. The van der Waals surface area contributed by atoms with Crippen molar-refractivity contribution in [2.24, 2.45) is 33.8 Å². The lowest BCUT2D eigenvalue weighted by Crippen LogP contribution is -2.58. The number of anilines is 3. The fraction of sp³-hybridized carbons (Fsp3) is 0.565. The van der Waals surface area contributed by atoms with Gasteiger partial charge in [0.2, 0.25) is 35.4 Å². The maximum Gasteiger partial charge on any atom is 0.257 e. The Hall–Kier alpha value is -6.00. The van der Waals surface area contributed by atoms with Gasteiger partial charge in [-0.15, -0.1) is 0 Å². The molecule has 5 rings (SSSR count). The maximum absolute atomic E-state index is 13.9. The minimum Gasteiger partial charge on any atom is -0.370 e. The van der Waals surface area contributed by atoms with Gasteiger partial charge in [0.25, 0.3) is 5.91 Å². The Labute approximate surface area is 392 Å². The van der Waals surface area contributed by atoms with Crippen LogP contribution in [0, 0.1) is 5.92 Å². The normalized spacial score (nSPS) is 17.1. The highest BCUT2D eigenvalue weighted by molar-refractivity contribution is 6.18. The van der Waals surface area contributed by atoms with Crippen LogP contribution in [0.4, 0.5) is 17.1 Å². The summed E-state index contributed by atoms with van der Waals surface area (Å²) in [6, 6.07) is 11.3. The number of amides is 7. The van der Waals surface area contributed by atoms with E-state index in [0.717, 1.165) is 78.4 Å². The number of unbranched alkanes of at least 4 members (excludes halogenated alkanes) is 1. The van der Waals surface area contributed by atoms with E-state index < -0.39 is 48.2 Å². The summed E-state index contributed by atoms with van der Waals surface area (Å²) in [7, 11) is 0. The molecule has 2 fully saturated rings. The summed E-state index contributed by atoms with van der Waals surface area (Å²) in [4.78, 5) is 102. The van der Waals surface area contributed by atoms with E-state index in [-0.39, 0.29) is 43.2 Å². The molecule has 0 aliphatic carbocycles. The number of hydrogen-bond donors (Lipinski definition) is 9. The molecular weight excluding hydrogens is 861 g/mol. The lowest BCUT2D eigenvalue weighted by molar-refractivity contribution is -0.136. The number of piperidine rings is 1. The van der Waals surface area contributed by atoms with Gasteiger partial charge in [-0.05, 0) is 94.9 Å². The van der Waals surface area contributed by atoms with E-state index in [2.05, 4.69) is 46.3 Å². The Morgan fingerprint density at radius 2 is 1.42 bits per heavy atom. The molecule has 2 aromatic rings. The highest BCUT2D eigenvalue weighted by atomic mass is 16.2. The fourth-order valence-corrected chi connectivity index (χ4v) is 8.79. The van der Waals surface area contributed by atoms with Crippen LogP contribution in [0.3, 0.4) is 0 Å². The molecule has 0 aromatic heterocycles. The van der Waals surface area contributed by atoms with E-state index in [4.69, 9.17) is 22.9 Å². The average molecular weight is 931 g/mol. The second kappa shape index (κ2) is 26.4. The van der Waals surface area contributed by atoms with E-state index in [9.17, 15) is 33.6 Å². The SMILES string of the molecule is CC(=O)NC(=O)[C@H](CC(N)=O)NC(=O)[C@H](CCN=C(N)N)N[C@@H](CCCN)C(=O)NCCN1CCN(CCCCC2CCN(CC(=O)N3c4ccccc4NC(=O)c4ccccc43)CC2)CC1. The third-order valence-corrected chi connectivity index (χ3v) is 12.4. The van der Waals surface area contributed by atoms with Gasteiger partial charge in [-0.25, -0.2) is 0 Å². The van der Waals surface area contributed by atoms with Crippen molar-refractivity contribution in [3.8, 4) is 0 Å². The summed E-state index contributed by atoms with van der Waals surface area (Å²) in [5.41, 5.74) is 24.4. The van der Waals surface area contributed by atoms with Crippen LogP contribution in [0.1, 0.15) is 75.1 Å². The minimum absolute atomic E-state index is 0.0199. The van der Waals surface area contributed by atoms with Crippen LogP contribution in [-0.4, -0.2) is 159 Å². The Kier molecular flexibility index (Phi) is 20.5. The zero-order valence-corrected chi connectivity index (χ0v) is 38.7. The number of carbonyl (C=O) groups excluding carboxylic acids is 7. The Morgan fingerprint density at radius 1 is 0.761 bits per heavy atom. The smallest absolute Gasteiger partial charge is 0.257 e. The van der Waals surface area contributed by atoms with Crippen molar-refractivity contribution in [3.63, 3.8) is 0 Å². The molecule has 21 heteroatoms. The van der Waals surface area contributed by atoms with Crippen LogP contribution < -0.4 is 54.4 Å². The zero-order chi connectivity index (χ0) is 48.3. The van der Waals surface area contributed by atoms with Crippen LogP contribution in [0.2, 0.25) is 0 Å². The van der Waals surface area contributed by atoms with Crippen molar-refractivity contribution in [1.82, 2.24) is 36.0 Å². The molecule has 67 heavy (non-hydrogen) atoms. The van der Waals surface area contributed by atoms with Gasteiger partial charge in [0.1, 0.15) is 6.04 Å². The summed E-state index contributed by atoms with van der Waals surface area (Å²) < 4.78 is 0. The summed E-state index contributed by atoms with van der Waals surface area (Å²) in [6.45, 7) is 9.16. The van der Waals surface area contributed by atoms with Gasteiger partial charge in [-0.2, -0.15) is 0 Å². The Balaban J connectivity index is 1.00. The van der Waals surface area contributed by atoms with Crippen LogP contribution in [0.5, 0.6) is 0 Å². The minimum atomic E-state index is -1.43. The molecule has 13 N–H and O–H groups in total. The Bertz CT molecular complexity index is 2050. The molecule has 2 saturated heterocycles. The van der Waals surface area contributed by atoms with Gasteiger partial charge in [-0.1, -0.05) is 37.1 Å². The van der Waals surface area contributed by atoms with Gasteiger partial charge in [0, 0.05) is 52.7 Å². The molecule has 2 aromatic carbocycles. The van der Waals surface area contributed by atoms with E-state index >= 15 is 0 Å². The second-order valence-corrected chi connectivity index (χ2v) is 17.5. The standard InChI is InChI=1S/C46H70N14O7/c1-31(61)53-45(67)37(29-40(48)62)56-44(66)36(15-19-52-46(49)50)54-35(12-8-18-47)43(65)51-20-24-58-27-25-57(26-28-58)21-7-6-9-32-16-22-59(23-17-32)30-41(63)60-38-13-4-2-10-33(38)42(64)55-34-11-3-5-14-39(34)60/h2-5,10-11,13-14,32,35-37,54H,6-9,12,15-30,47H2,1H3,(H2,48,62)(H,51,65)(H,55,64)(H,56,66)(H4,49,50,52)(H,53,61,67)/t35-,36-,37-/m0/s1. The van der Waals surface area contributed by atoms with Crippen LogP contribution in [0.15, 0.2) is 53.5 Å².